The molecule has 24 heavy (non-hydrogen) atoms. The largest absolute Gasteiger partial charge is 0.325 e. The quantitative estimate of drug-likeness (QED) is 0.644. The van der Waals surface area contributed by atoms with Crippen molar-refractivity contribution in [1.29, 1.82) is 0 Å². The Morgan fingerprint density at radius 2 is 1.71 bits per heavy atom. The van der Waals surface area contributed by atoms with E-state index in [1.54, 1.807) is 0 Å². The fraction of sp³-hybridized carbons (Fsp3) is 1.00. The van der Waals surface area contributed by atoms with Crippen molar-refractivity contribution in [3.8, 4) is 0 Å². The maximum atomic E-state index is 7.22. The highest BCUT2D eigenvalue weighted by Gasteiger charge is 2.63. The maximum Gasteiger partial charge on any atom is 0.0214 e. The first kappa shape index (κ1) is 17.4. The highest BCUT2D eigenvalue weighted by Crippen LogP contribution is 2.68. The summed E-state index contributed by atoms with van der Waals surface area (Å²) in [6.07, 6.45) is 15.6. The van der Waals surface area contributed by atoms with Crippen molar-refractivity contribution in [2.45, 2.75) is 104 Å². The highest BCUT2D eigenvalue weighted by atomic mass is 14.8. The van der Waals surface area contributed by atoms with Crippen LogP contribution in [0.1, 0.15) is 98.3 Å². The van der Waals surface area contributed by atoms with E-state index < -0.39 is 0 Å². The van der Waals surface area contributed by atoms with Crippen LogP contribution >= 0.6 is 0 Å². The molecule has 8 unspecified atom stereocenters. The van der Waals surface area contributed by atoms with Gasteiger partial charge in [-0.2, -0.15) is 0 Å². The van der Waals surface area contributed by atoms with Gasteiger partial charge in [0.2, 0.25) is 0 Å². The third-order valence-electron chi connectivity index (χ3n) is 10.2. The smallest absolute Gasteiger partial charge is 0.0214 e. The lowest BCUT2D eigenvalue weighted by Crippen LogP contribution is -2.66. The molecule has 0 amide bonds. The molecular formula is C23H41N. The van der Waals surface area contributed by atoms with E-state index in [9.17, 15) is 0 Å². The van der Waals surface area contributed by atoms with Gasteiger partial charge in [-0.05, 0) is 98.2 Å². The first-order valence-electron chi connectivity index (χ1n) is 11.1. The van der Waals surface area contributed by atoms with Crippen LogP contribution in [0.4, 0.5) is 0 Å². The zero-order chi connectivity index (χ0) is 17.2. The van der Waals surface area contributed by atoms with Crippen LogP contribution in [0.3, 0.4) is 0 Å². The minimum atomic E-state index is 0.143. The summed E-state index contributed by atoms with van der Waals surface area (Å²) in [6.45, 7) is 10.1. The molecule has 4 rings (SSSR count). The van der Waals surface area contributed by atoms with Gasteiger partial charge in [0, 0.05) is 5.54 Å². The Balaban J connectivity index is 1.60. The van der Waals surface area contributed by atoms with E-state index in [0.29, 0.717) is 10.8 Å². The summed E-state index contributed by atoms with van der Waals surface area (Å²) in [5.41, 5.74) is 8.44. The van der Waals surface area contributed by atoms with Crippen molar-refractivity contribution in [2.24, 2.45) is 46.2 Å². The van der Waals surface area contributed by atoms with Crippen molar-refractivity contribution < 1.29 is 0 Å². The fourth-order valence-corrected chi connectivity index (χ4v) is 8.37. The van der Waals surface area contributed by atoms with Crippen LogP contribution in [0.5, 0.6) is 0 Å². The normalized spacial score (nSPS) is 57.1. The van der Waals surface area contributed by atoms with Gasteiger partial charge in [0.15, 0.2) is 0 Å². The van der Waals surface area contributed by atoms with Gasteiger partial charge in [-0.1, -0.05) is 40.5 Å². The summed E-state index contributed by atoms with van der Waals surface area (Å²) in [5.74, 6) is 4.76. The molecule has 2 N–H and O–H groups in total. The summed E-state index contributed by atoms with van der Waals surface area (Å²) in [6, 6.07) is 0. The van der Waals surface area contributed by atoms with Gasteiger partial charge >= 0.3 is 0 Å². The van der Waals surface area contributed by atoms with Crippen LogP contribution in [-0.2, 0) is 0 Å². The standard InChI is InChI=1S/C23H41N/c1-5-6-17-9-13-22(4)20-11-12-21(3)16(2)7-8-19(21)18(20)10-14-23(22,24)15-17/h16-20H,5-15,24H2,1-4H3. The number of hydrogen-bond acceptors (Lipinski definition) is 1. The average molecular weight is 332 g/mol. The number of rotatable bonds is 2. The predicted octanol–water partition coefficient (Wildman–Crippen LogP) is 6.16. The van der Waals surface area contributed by atoms with Gasteiger partial charge in [0.1, 0.15) is 0 Å². The van der Waals surface area contributed by atoms with E-state index in [4.69, 9.17) is 5.73 Å². The maximum absolute atomic E-state index is 7.22. The molecular weight excluding hydrogens is 290 g/mol. The average Bonchev–Trinajstić information content (AvgIpc) is 2.84. The molecule has 4 fully saturated rings. The zero-order valence-corrected chi connectivity index (χ0v) is 16.7. The molecule has 1 heteroatoms. The number of nitrogens with two attached hydrogens (primary N) is 1. The lowest BCUT2D eigenvalue weighted by molar-refractivity contribution is -0.129. The molecule has 4 aliphatic carbocycles. The first-order chi connectivity index (χ1) is 11.3. The van der Waals surface area contributed by atoms with Gasteiger partial charge in [-0.25, -0.2) is 0 Å². The summed E-state index contributed by atoms with van der Waals surface area (Å²) in [5, 5.41) is 0. The molecule has 0 saturated heterocycles. The van der Waals surface area contributed by atoms with E-state index in [0.717, 1.165) is 29.6 Å². The molecule has 0 bridgehead atoms. The van der Waals surface area contributed by atoms with Crippen LogP contribution in [0.25, 0.3) is 0 Å². The van der Waals surface area contributed by atoms with Crippen molar-refractivity contribution >= 4 is 0 Å². The Morgan fingerprint density at radius 1 is 0.917 bits per heavy atom. The summed E-state index contributed by atoms with van der Waals surface area (Å²) in [7, 11) is 0. The number of fused-ring (bicyclic) bond motifs is 5. The topological polar surface area (TPSA) is 26.0 Å². The van der Waals surface area contributed by atoms with E-state index in [2.05, 4.69) is 27.7 Å². The van der Waals surface area contributed by atoms with Crippen molar-refractivity contribution in [2.75, 3.05) is 0 Å². The Bertz CT molecular complexity index is 486. The molecule has 0 aromatic heterocycles. The number of hydrogen-bond donors (Lipinski definition) is 1. The first-order valence-corrected chi connectivity index (χ1v) is 11.1. The van der Waals surface area contributed by atoms with Crippen molar-refractivity contribution in [1.82, 2.24) is 0 Å². The second kappa shape index (κ2) is 5.73. The van der Waals surface area contributed by atoms with Gasteiger partial charge in [0.05, 0.1) is 0 Å². The molecule has 0 radical (unpaired) electrons. The molecule has 4 saturated carbocycles. The van der Waals surface area contributed by atoms with Crippen LogP contribution in [0, 0.1) is 40.4 Å². The molecule has 0 spiro atoms. The second-order valence-electron chi connectivity index (χ2n) is 10.9. The van der Waals surface area contributed by atoms with Crippen LogP contribution in [0.15, 0.2) is 0 Å². The Labute approximate surface area is 150 Å². The molecule has 0 heterocycles. The zero-order valence-electron chi connectivity index (χ0n) is 16.7. The molecule has 138 valence electrons. The Morgan fingerprint density at radius 3 is 2.46 bits per heavy atom. The Hall–Kier alpha value is -0.0400. The van der Waals surface area contributed by atoms with E-state index in [-0.39, 0.29) is 5.54 Å². The summed E-state index contributed by atoms with van der Waals surface area (Å²) >= 11 is 0. The molecule has 0 aliphatic heterocycles. The predicted molar refractivity (Wildman–Crippen MR) is 103 cm³/mol. The van der Waals surface area contributed by atoms with E-state index >= 15 is 0 Å². The summed E-state index contributed by atoms with van der Waals surface area (Å²) in [4.78, 5) is 0. The third-order valence-corrected chi connectivity index (χ3v) is 10.2. The van der Waals surface area contributed by atoms with Gasteiger partial charge < -0.3 is 5.73 Å². The molecule has 1 nitrogen and oxygen atoms in total. The van der Waals surface area contributed by atoms with E-state index in [1.165, 1.54) is 70.6 Å². The lowest BCUT2D eigenvalue weighted by atomic mass is 9.42. The molecule has 0 aromatic carbocycles. The second-order valence-corrected chi connectivity index (χ2v) is 10.9. The molecule has 4 aliphatic rings. The van der Waals surface area contributed by atoms with Gasteiger partial charge in [0.25, 0.3) is 0 Å². The van der Waals surface area contributed by atoms with Crippen molar-refractivity contribution in [3.05, 3.63) is 0 Å². The third kappa shape index (κ3) is 2.22. The van der Waals surface area contributed by atoms with E-state index in [1.807, 2.05) is 0 Å². The minimum absolute atomic E-state index is 0.143. The van der Waals surface area contributed by atoms with Gasteiger partial charge in [-0.3, -0.25) is 0 Å². The monoisotopic (exact) mass is 331 g/mol. The minimum Gasteiger partial charge on any atom is -0.325 e. The lowest BCUT2D eigenvalue weighted by Gasteiger charge is -2.65. The molecule has 0 aromatic rings. The van der Waals surface area contributed by atoms with Gasteiger partial charge in [-0.15, -0.1) is 0 Å². The Kier molecular flexibility index (Phi) is 4.15. The summed E-state index contributed by atoms with van der Waals surface area (Å²) < 4.78 is 0. The van der Waals surface area contributed by atoms with Crippen LogP contribution in [0.2, 0.25) is 0 Å². The van der Waals surface area contributed by atoms with Crippen LogP contribution < -0.4 is 5.73 Å². The van der Waals surface area contributed by atoms with Crippen molar-refractivity contribution in [3.63, 3.8) is 0 Å². The molecule has 8 atom stereocenters. The highest BCUT2D eigenvalue weighted by molar-refractivity contribution is 5.15. The SMILES string of the molecule is CCCC1CCC2(C)C3CCC4(C)C(C)CCC4C3CCC2(N)C1. The fourth-order valence-electron chi connectivity index (χ4n) is 8.37. The van der Waals surface area contributed by atoms with Crippen LogP contribution in [-0.4, -0.2) is 5.54 Å².